The first-order chi connectivity index (χ1) is 10.8. The van der Waals surface area contributed by atoms with E-state index in [1.807, 2.05) is 19.1 Å². The van der Waals surface area contributed by atoms with E-state index >= 15 is 0 Å². The van der Waals surface area contributed by atoms with E-state index < -0.39 is 0 Å². The van der Waals surface area contributed by atoms with E-state index in [1.165, 1.54) is 0 Å². The third-order valence-electron chi connectivity index (χ3n) is 3.20. The van der Waals surface area contributed by atoms with Gasteiger partial charge < -0.3 is 9.84 Å². The van der Waals surface area contributed by atoms with Crippen molar-refractivity contribution in [2.24, 2.45) is 0 Å². The zero-order chi connectivity index (χ0) is 15.4. The molecule has 0 fully saturated rings. The fourth-order valence-corrected chi connectivity index (χ4v) is 2.03. The number of amides is 1. The van der Waals surface area contributed by atoms with Gasteiger partial charge in [-0.2, -0.15) is 0 Å². The van der Waals surface area contributed by atoms with Gasteiger partial charge in [0.25, 0.3) is 5.91 Å². The molecule has 0 atom stereocenters. The third-order valence-corrected chi connectivity index (χ3v) is 3.20. The summed E-state index contributed by atoms with van der Waals surface area (Å²) in [5.41, 5.74) is 1.63. The molecule has 0 aromatic carbocycles. The van der Waals surface area contributed by atoms with Gasteiger partial charge in [0.1, 0.15) is 12.1 Å². The smallest absolute Gasteiger partial charge is 0.290 e. The van der Waals surface area contributed by atoms with Gasteiger partial charge in [0.2, 0.25) is 5.76 Å². The first-order valence-corrected chi connectivity index (χ1v) is 6.94. The second-order valence-electron chi connectivity index (χ2n) is 4.67. The Hall–Kier alpha value is -2.96. The molecule has 3 heterocycles. The lowest BCUT2D eigenvalue weighted by atomic mass is 10.2. The third kappa shape index (κ3) is 2.88. The van der Waals surface area contributed by atoms with Crippen molar-refractivity contribution in [3.8, 4) is 5.82 Å². The first-order valence-electron chi connectivity index (χ1n) is 6.94. The average molecular weight is 297 g/mol. The molecule has 3 aromatic heterocycles. The van der Waals surface area contributed by atoms with Crippen LogP contribution in [-0.2, 0) is 13.0 Å². The number of carbonyl (C=O) groups excluding carboxylic acids is 1. The lowest BCUT2D eigenvalue weighted by molar-refractivity contribution is 0.0914. The molecule has 1 N–H and O–H groups in total. The summed E-state index contributed by atoms with van der Waals surface area (Å²) < 4.78 is 6.81. The Morgan fingerprint density at radius 3 is 3.05 bits per heavy atom. The molecule has 0 radical (unpaired) electrons. The number of rotatable bonds is 5. The van der Waals surface area contributed by atoms with Crippen LogP contribution in [0, 0.1) is 0 Å². The second-order valence-corrected chi connectivity index (χ2v) is 4.67. The van der Waals surface area contributed by atoms with Gasteiger partial charge in [-0.1, -0.05) is 18.1 Å². The standard InChI is InChI=1S/C15H15N5O2/c1-2-12-8-13(22-19-12)15(21)18-9-11-4-3-5-17-14(11)20-7-6-16-10-20/h3-8,10H,2,9H2,1H3,(H,18,21). The highest BCUT2D eigenvalue weighted by atomic mass is 16.5. The second kappa shape index (κ2) is 6.21. The number of hydrogen-bond acceptors (Lipinski definition) is 5. The van der Waals surface area contributed by atoms with Crippen molar-refractivity contribution in [3.05, 3.63) is 60.1 Å². The van der Waals surface area contributed by atoms with E-state index in [-0.39, 0.29) is 11.7 Å². The van der Waals surface area contributed by atoms with E-state index in [0.29, 0.717) is 6.54 Å². The van der Waals surface area contributed by atoms with Crippen LogP contribution in [0.25, 0.3) is 5.82 Å². The van der Waals surface area contributed by atoms with Crippen LogP contribution in [0.4, 0.5) is 0 Å². The lowest BCUT2D eigenvalue weighted by Gasteiger charge is -2.09. The fourth-order valence-electron chi connectivity index (χ4n) is 2.03. The maximum absolute atomic E-state index is 12.1. The minimum absolute atomic E-state index is 0.213. The van der Waals surface area contributed by atoms with Crippen LogP contribution in [0.1, 0.15) is 28.7 Å². The van der Waals surface area contributed by atoms with Crippen LogP contribution in [-0.4, -0.2) is 25.6 Å². The lowest BCUT2D eigenvalue weighted by Crippen LogP contribution is -2.23. The van der Waals surface area contributed by atoms with E-state index in [2.05, 4.69) is 20.4 Å². The molecule has 7 heteroatoms. The Bertz CT molecular complexity index is 764. The van der Waals surface area contributed by atoms with Gasteiger partial charge in [0.05, 0.1) is 5.69 Å². The highest BCUT2D eigenvalue weighted by molar-refractivity contribution is 5.91. The Kier molecular flexibility index (Phi) is 3.95. The molecule has 112 valence electrons. The predicted molar refractivity (Wildman–Crippen MR) is 78.4 cm³/mol. The number of aromatic nitrogens is 4. The van der Waals surface area contributed by atoms with Crippen LogP contribution in [0.15, 0.2) is 47.6 Å². The molecule has 22 heavy (non-hydrogen) atoms. The Morgan fingerprint density at radius 2 is 2.32 bits per heavy atom. The first kappa shape index (κ1) is 14.0. The van der Waals surface area contributed by atoms with Crippen molar-refractivity contribution in [1.82, 2.24) is 25.0 Å². The molecule has 0 aliphatic rings. The summed E-state index contributed by atoms with van der Waals surface area (Å²) in [6, 6.07) is 5.38. The van der Waals surface area contributed by atoms with E-state index in [4.69, 9.17) is 4.52 Å². The summed E-state index contributed by atoms with van der Waals surface area (Å²) in [7, 11) is 0. The van der Waals surface area contributed by atoms with Crippen LogP contribution in [0.5, 0.6) is 0 Å². The Labute approximate surface area is 127 Å². The summed E-state index contributed by atoms with van der Waals surface area (Å²) in [6.07, 6.45) is 7.57. The van der Waals surface area contributed by atoms with Crippen LogP contribution in [0.2, 0.25) is 0 Å². The van der Waals surface area contributed by atoms with E-state index in [0.717, 1.165) is 23.5 Å². The monoisotopic (exact) mass is 297 g/mol. The molecule has 7 nitrogen and oxygen atoms in total. The number of aryl methyl sites for hydroxylation is 1. The molecule has 0 aliphatic carbocycles. The molecule has 0 spiro atoms. The maximum atomic E-state index is 12.1. The number of imidazole rings is 1. The molecule has 0 unspecified atom stereocenters. The molecule has 0 saturated heterocycles. The summed E-state index contributed by atoms with van der Waals surface area (Å²) in [5.74, 6) is 0.643. The number of carbonyl (C=O) groups is 1. The van der Waals surface area contributed by atoms with Gasteiger partial charge in [-0.15, -0.1) is 0 Å². The van der Waals surface area contributed by atoms with Crippen LogP contribution in [0.3, 0.4) is 0 Å². The average Bonchev–Trinajstić information content (AvgIpc) is 3.24. The molecule has 0 aliphatic heterocycles. The molecular formula is C15H15N5O2. The van der Waals surface area contributed by atoms with Crippen molar-refractivity contribution in [1.29, 1.82) is 0 Å². The molecule has 1 amide bonds. The quantitative estimate of drug-likeness (QED) is 0.775. The number of pyridine rings is 1. The Morgan fingerprint density at radius 1 is 1.41 bits per heavy atom. The Balaban J connectivity index is 1.73. The van der Waals surface area contributed by atoms with Gasteiger partial charge in [-0.05, 0) is 12.5 Å². The number of nitrogens with one attached hydrogen (secondary N) is 1. The SMILES string of the molecule is CCc1cc(C(=O)NCc2cccnc2-n2ccnc2)on1. The van der Waals surface area contributed by atoms with Gasteiger partial charge >= 0.3 is 0 Å². The van der Waals surface area contributed by atoms with Gasteiger partial charge in [-0.3, -0.25) is 9.36 Å². The van der Waals surface area contributed by atoms with E-state index in [1.54, 1.807) is 35.6 Å². The van der Waals surface area contributed by atoms with Crippen molar-refractivity contribution < 1.29 is 9.32 Å². The van der Waals surface area contributed by atoms with Gasteiger partial charge in [0.15, 0.2) is 0 Å². The predicted octanol–water partition coefficient (Wildman–Crippen LogP) is 1.75. The fraction of sp³-hybridized carbons (Fsp3) is 0.200. The number of hydrogen-bond donors (Lipinski definition) is 1. The largest absolute Gasteiger partial charge is 0.351 e. The van der Waals surface area contributed by atoms with Crippen molar-refractivity contribution in [2.75, 3.05) is 0 Å². The zero-order valence-electron chi connectivity index (χ0n) is 12.1. The summed E-state index contributed by atoms with van der Waals surface area (Å²) in [5, 5.41) is 6.62. The summed E-state index contributed by atoms with van der Waals surface area (Å²) in [6.45, 7) is 2.29. The minimum Gasteiger partial charge on any atom is -0.351 e. The highest BCUT2D eigenvalue weighted by Gasteiger charge is 2.13. The van der Waals surface area contributed by atoms with Crippen LogP contribution >= 0.6 is 0 Å². The van der Waals surface area contributed by atoms with Crippen molar-refractivity contribution in [2.45, 2.75) is 19.9 Å². The van der Waals surface area contributed by atoms with Crippen LogP contribution < -0.4 is 5.32 Å². The van der Waals surface area contributed by atoms with Crippen molar-refractivity contribution in [3.63, 3.8) is 0 Å². The molecule has 3 aromatic rings. The molecule has 0 saturated carbocycles. The molecular weight excluding hydrogens is 282 g/mol. The molecule has 3 rings (SSSR count). The normalized spacial score (nSPS) is 10.6. The van der Waals surface area contributed by atoms with Gasteiger partial charge in [-0.25, -0.2) is 9.97 Å². The minimum atomic E-state index is -0.298. The summed E-state index contributed by atoms with van der Waals surface area (Å²) >= 11 is 0. The van der Waals surface area contributed by atoms with Gasteiger partial charge in [0, 0.05) is 36.8 Å². The molecule has 0 bridgehead atoms. The van der Waals surface area contributed by atoms with E-state index in [9.17, 15) is 4.79 Å². The van der Waals surface area contributed by atoms with Crippen molar-refractivity contribution >= 4 is 5.91 Å². The zero-order valence-corrected chi connectivity index (χ0v) is 12.1. The summed E-state index contributed by atoms with van der Waals surface area (Å²) in [4.78, 5) is 20.4. The highest BCUT2D eigenvalue weighted by Crippen LogP contribution is 2.11. The topological polar surface area (TPSA) is 85.8 Å². The maximum Gasteiger partial charge on any atom is 0.290 e. The number of nitrogens with zero attached hydrogens (tertiary/aromatic N) is 4.